The predicted octanol–water partition coefficient (Wildman–Crippen LogP) is 2.37. The molecule has 0 N–H and O–H groups in total. The van der Waals surface area contributed by atoms with E-state index in [0.29, 0.717) is 5.91 Å². The normalized spacial score (nSPS) is 16.1. The number of carbonyl (C=O) groups excluding carboxylic acids is 1. The lowest BCUT2D eigenvalue weighted by Crippen LogP contribution is -2.23. The monoisotopic (exact) mass is 203 g/mol. The van der Waals surface area contributed by atoms with Gasteiger partial charge in [0.05, 0.1) is 0 Å². The number of benzene rings is 1. The van der Waals surface area contributed by atoms with Crippen molar-refractivity contribution in [1.82, 2.24) is 4.90 Å². The van der Waals surface area contributed by atoms with E-state index in [-0.39, 0.29) is 0 Å². The molecule has 0 aliphatic carbocycles. The minimum Gasteiger partial charge on any atom is -0.338 e. The molecule has 15 heavy (non-hydrogen) atoms. The summed E-state index contributed by atoms with van der Waals surface area (Å²) < 4.78 is 0. The number of rotatable bonds is 3. The zero-order valence-corrected chi connectivity index (χ0v) is 9.20. The third kappa shape index (κ3) is 2.38. The highest BCUT2D eigenvalue weighted by atomic mass is 16.2. The zero-order valence-electron chi connectivity index (χ0n) is 9.20. The van der Waals surface area contributed by atoms with Crippen LogP contribution < -0.4 is 0 Å². The maximum atomic E-state index is 11.5. The number of nitrogens with zero attached hydrogens (tertiary/aromatic N) is 1. The van der Waals surface area contributed by atoms with Gasteiger partial charge < -0.3 is 4.90 Å². The summed E-state index contributed by atoms with van der Waals surface area (Å²) in [6, 6.07) is 8.51. The standard InChI is InChI=1S/C13H17NO/c1-2-11-5-3-6-12(9-11)10-14-8-4-7-13(14)15/h3,5-6,9H,2,4,7-8,10H2,1H3. The summed E-state index contributed by atoms with van der Waals surface area (Å²) in [6.45, 7) is 3.86. The fourth-order valence-corrected chi connectivity index (χ4v) is 2.04. The molecule has 2 heteroatoms. The van der Waals surface area contributed by atoms with Crippen molar-refractivity contribution in [2.45, 2.75) is 32.7 Å². The van der Waals surface area contributed by atoms with Gasteiger partial charge in [-0.05, 0) is 24.0 Å². The van der Waals surface area contributed by atoms with Crippen LogP contribution in [0.25, 0.3) is 0 Å². The fraction of sp³-hybridized carbons (Fsp3) is 0.462. The lowest BCUT2D eigenvalue weighted by molar-refractivity contribution is -0.128. The first-order chi connectivity index (χ1) is 7.29. The molecule has 1 aromatic rings. The molecule has 2 rings (SSSR count). The number of amides is 1. The van der Waals surface area contributed by atoms with Crippen molar-refractivity contribution < 1.29 is 4.79 Å². The molecule has 0 aromatic heterocycles. The van der Waals surface area contributed by atoms with E-state index in [0.717, 1.165) is 32.4 Å². The largest absolute Gasteiger partial charge is 0.338 e. The first-order valence-electron chi connectivity index (χ1n) is 5.65. The second-order valence-electron chi connectivity index (χ2n) is 4.09. The van der Waals surface area contributed by atoms with Crippen molar-refractivity contribution >= 4 is 5.91 Å². The molecule has 1 aliphatic rings. The average molecular weight is 203 g/mol. The van der Waals surface area contributed by atoms with Gasteiger partial charge in [0.15, 0.2) is 0 Å². The molecule has 2 nitrogen and oxygen atoms in total. The molecular formula is C13H17NO. The van der Waals surface area contributed by atoms with E-state index in [9.17, 15) is 4.79 Å². The quantitative estimate of drug-likeness (QED) is 0.738. The van der Waals surface area contributed by atoms with Crippen LogP contribution in [0.2, 0.25) is 0 Å². The first-order valence-corrected chi connectivity index (χ1v) is 5.65. The van der Waals surface area contributed by atoms with Gasteiger partial charge in [-0.15, -0.1) is 0 Å². The smallest absolute Gasteiger partial charge is 0.222 e. The summed E-state index contributed by atoms with van der Waals surface area (Å²) in [5, 5.41) is 0. The summed E-state index contributed by atoms with van der Waals surface area (Å²) in [5.41, 5.74) is 2.60. The van der Waals surface area contributed by atoms with Gasteiger partial charge in [-0.1, -0.05) is 31.2 Å². The van der Waals surface area contributed by atoms with Crippen LogP contribution in [0, 0.1) is 0 Å². The van der Waals surface area contributed by atoms with Crippen LogP contribution in [0.5, 0.6) is 0 Å². The van der Waals surface area contributed by atoms with E-state index in [1.165, 1.54) is 11.1 Å². The highest BCUT2D eigenvalue weighted by Crippen LogP contribution is 2.15. The van der Waals surface area contributed by atoms with E-state index >= 15 is 0 Å². The molecule has 1 aliphatic heterocycles. The second kappa shape index (κ2) is 4.47. The van der Waals surface area contributed by atoms with Crippen molar-refractivity contribution in [3.8, 4) is 0 Å². The van der Waals surface area contributed by atoms with Gasteiger partial charge in [0.25, 0.3) is 0 Å². The fourth-order valence-electron chi connectivity index (χ4n) is 2.04. The van der Waals surface area contributed by atoms with Crippen molar-refractivity contribution in [1.29, 1.82) is 0 Å². The van der Waals surface area contributed by atoms with Crippen LogP contribution in [0.1, 0.15) is 30.9 Å². The van der Waals surface area contributed by atoms with Crippen molar-refractivity contribution in [2.24, 2.45) is 0 Å². The molecule has 1 aromatic carbocycles. The Kier molecular flexibility index (Phi) is 3.05. The van der Waals surface area contributed by atoms with E-state index in [1.54, 1.807) is 0 Å². The van der Waals surface area contributed by atoms with Crippen molar-refractivity contribution in [3.63, 3.8) is 0 Å². The van der Waals surface area contributed by atoms with Crippen LogP contribution in [-0.2, 0) is 17.8 Å². The Bertz CT molecular complexity index is 359. The third-order valence-electron chi connectivity index (χ3n) is 2.94. The Morgan fingerprint density at radius 1 is 1.33 bits per heavy atom. The molecule has 1 saturated heterocycles. The molecule has 1 amide bonds. The highest BCUT2D eigenvalue weighted by molar-refractivity contribution is 5.78. The number of hydrogen-bond donors (Lipinski definition) is 0. The maximum Gasteiger partial charge on any atom is 0.222 e. The molecule has 0 bridgehead atoms. The van der Waals surface area contributed by atoms with Gasteiger partial charge in [0, 0.05) is 19.5 Å². The minimum absolute atomic E-state index is 0.303. The number of carbonyl (C=O) groups is 1. The van der Waals surface area contributed by atoms with Gasteiger partial charge in [0.2, 0.25) is 5.91 Å². The minimum atomic E-state index is 0.303. The van der Waals surface area contributed by atoms with E-state index < -0.39 is 0 Å². The Hall–Kier alpha value is -1.31. The van der Waals surface area contributed by atoms with Gasteiger partial charge in [-0.25, -0.2) is 0 Å². The average Bonchev–Trinajstić information content (AvgIpc) is 2.65. The van der Waals surface area contributed by atoms with E-state index in [4.69, 9.17) is 0 Å². The van der Waals surface area contributed by atoms with Crippen LogP contribution >= 0.6 is 0 Å². The third-order valence-corrected chi connectivity index (χ3v) is 2.94. The Labute approximate surface area is 90.9 Å². The Morgan fingerprint density at radius 2 is 2.13 bits per heavy atom. The molecular weight excluding hydrogens is 186 g/mol. The molecule has 1 fully saturated rings. The van der Waals surface area contributed by atoms with Crippen LogP contribution in [0.15, 0.2) is 24.3 Å². The number of likely N-dealkylation sites (tertiary alicyclic amines) is 1. The SMILES string of the molecule is CCc1cccc(CN2CCCC2=O)c1. The van der Waals surface area contributed by atoms with Gasteiger partial charge in [0.1, 0.15) is 0 Å². The zero-order chi connectivity index (χ0) is 10.7. The second-order valence-corrected chi connectivity index (χ2v) is 4.09. The Balaban J connectivity index is 2.06. The molecule has 0 spiro atoms. The topological polar surface area (TPSA) is 20.3 Å². The highest BCUT2D eigenvalue weighted by Gasteiger charge is 2.19. The van der Waals surface area contributed by atoms with Gasteiger partial charge >= 0.3 is 0 Å². The summed E-state index contributed by atoms with van der Waals surface area (Å²) in [5.74, 6) is 0.303. The number of aryl methyl sites for hydroxylation is 1. The van der Waals surface area contributed by atoms with Crippen LogP contribution in [-0.4, -0.2) is 17.4 Å². The maximum absolute atomic E-state index is 11.5. The van der Waals surface area contributed by atoms with Gasteiger partial charge in [-0.2, -0.15) is 0 Å². The van der Waals surface area contributed by atoms with E-state index in [1.807, 2.05) is 4.90 Å². The van der Waals surface area contributed by atoms with E-state index in [2.05, 4.69) is 31.2 Å². The molecule has 0 atom stereocenters. The van der Waals surface area contributed by atoms with Crippen LogP contribution in [0.4, 0.5) is 0 Å². The summed E-state index contributed by atoms with van der Waals surface area (Å²) in [6.07, 6.45) is 2.81. The van der Waals surface area contributed by atoms with Crippen LogP contribution in [0.3, 0.4) is 0 Å². The molecule has 0 unspecified atom stereocenters. The molecule has 80 valence electrons. The summed E-state index contributed by atoms with van der Waals surface area (Å²) in [4.78, 5) is 13.4. The van der Waals surface area contributed by atoms with Crippen molar-refractivity contribution in [2.75, 3.05) is 6.54 Å². The predicted molar refractivity (Wildman–Crippen MR) is 60.5 cm³/mol. The summed E-state index contributed by atoms with van der Waals surface area (Å²) >= 11 is 0. The van der Waals surface area contributed by atoms with Gasteiger partial charge in [-0.3, -0.25) is 4.79 Å². The molecule has 0 radical (unpaired) electrons. The Morgan fingerprint density at radius 3 is 2.80 bits per heavy atom. The number of hydrogen-bond acceptors (Lipinski definition) is 1. The lowest BCUT2D eigenvalue weighted by Gasteiger charge is -2.15. The van der Waals surface area contributed by atoms with Crippen molar-refractivity contribution in [3.05, 3.63) is 35.4 Å². The first kappa shape index (κ1) is 10.2. The molecule has 1 heterocycles. The molecule has 0 saturated carbocycles. The lowest BCUT2D eigenvalue weighted by atomic mass is 10.1. The summed E-state index contributed by atoms with van der Waals surface area (Å²) in [7, 11) is 0.